The number of carbonyl (C=O) groups excluding carboxylic acids is 2. The lowest BCUT2D eigenvalue weighted by Gasteiger charge is -2.23. The Hall–Kier alpha value is -5.54. The predicted octanol–water partition coefficient (Wildman–Crippen LogP) is 7.89. The van der Waals surface area contributed by atoms with Crippen LogP contribution in [0.2, 0.25) is 5.02 Å². The van der Waals surface area contributed by atoms with E-state index in [-0.39, 0.29) is 43.2 Å². The minimum Gasteiger partial charge on any atom is -0.346 e. The van der Waals surface area contributed by atoms with Crippen LogP contribution in [0.3, 0.4) is 0 Å². The van der Waals surface area contributed by atoms with Gasteiger partial charge in [-0.25, -0.2) is 22.8 Å². The number of amides is 3. The first-order valence-corrected chi connectivity index (χ1v) is 22.4. The molecule has 2 N–H and O–H groups in total. The molecule has 6 rings (SSSR count). The SMILES string of the molecule is CNC(=O)N(c1nn(CC(F)(F)F)c2c(-c3ccc(C#CC(C)(C)S(C)=O)nc3C(Cc3cc(F)cc(F)c3)NC(=O)Cn3nc(C(F)(F)F)c4c3C(F)(F)CC4)ccc(Cl)c12)S(C)=O. The first kappa shape index (κ1) is 48.9. The van der Waals surface area contributed by atoms with Crippen molar-refractivity contribution in [3.8, 4) is 23.0 Å². The molecule has 65 heavy (non-hydrogen) atoms. The number of aromatic nitrogens is 5. The third-order valence-electron chi connectivity index (χ3n) is 10.1. The molecule has 348 valence electrons. The molecule has 3 atom stereocenters. The quantitative estimate of drug-likeness (QED) is 0.101. The normalized spacial score (nSPS) is 15.2. The van der Waals surface area contributed by atoms with E-state index >= 15 is 8.78 Å². The van der Waals surface area contributed by atoms with E-state index in [1.165, 1.54) is 30.5 Å². The molecule has 12 nitrogen and oxygen atoms in total. The molecule has 1 aliphatic carbocycles. The summed E-state index contributed by atoms with van der Waals surface area (Å²) in [6.07, 6.45) is -10.0. The minimum absolute atomic E-state index is 0.117. The van der Waals surface area contributed by atoms with Crippen LogP contribution in [0.5, 0.6) is 0 Å². The van der Waals surface area contributed by atoms with Crippen LogP contribution in [-0.2, 0) is 64.6 Å². The maximum absolute atomic E-state index is 15.1. The molecular weight excluding hydrogens is 946 g/mol. The van der Waals surface area contributed by atoms with Crippen LogP contribution in [0.25, 0.3) is 22.0 Å². The molecule has 0 fully saturated rings. The van der Waals surface area contributed by atoms with E-state index in [1.807, 2.05) is 0 Å². The second kappa shape index (κ2) is 18.0. The van der Waals surface area contributed by atoms with E-state index in [2.05, 4.69) is 37.7 Å². The van der Waals surface area contributed by atoms with Gasteiger partial charge in [0.05, 0.1) is 27.7 Å². The maximum atomic E-state index is 15.1. The molecule has 25 heteroatoms. The highest BCUT2D eigenvalue weighted by molar-refractivity contribution is 7.86. The van der Waals surface area contributed by atoms with Crippen LogP contribution in [0.1, 0.15) is 60.2 Å². The highest BCUT2D eigenvalue weighted by Gasteiger charge is 2.50. The summed E-state index contributed by atoms with van der Waals surface area (Å²) >= 11 is 6.60. The van der Waals surface area contributed by atoms with E-state index in [9.17, 15) is 53.1 Å². The van der Waals surface area contributed by atoms with Gasteiger partial charge in [0.25, 0.3) is 5.92 Å². The first-order valence-electron chi connectivity index (χ1n) is 18.9. The largest absolute Gasteiger partial charge is 0.435 e. The molecule has 0 radical (unpaired) electrons. The van der Waals surface area contributed by atoms with Gasteiger partial charge < -0.3 is 10.6 Å². The van der Waals surface area contributed by atoms with E-state index in [0.717, 1.165) is 25.4 Å². The zero-order valence-corrected chi connectivity index (χ0v) is 36.8. The molecule has 0 saturated heterocycles. The molecule has 3 amide bonds. The van der Waals surface area contributed by atoms with Crippen molar-refractivity contribution in [2.75, 3.05) is 23.9 Å². The fraction of sp³-hybridized carbons (Fsp3) is 0.375. The number of alkyl halides is 8. The van der Waals surface area contributed by atoms with Gasteiger partial charge in [0.2, 0.25) is 5.91 Å². The Morgan fingerprint density at radius 1 is 0.969 bits per heavy atom. The fourth-order valence-electron chi connectivity index (χ4n) is 7.11. The predicted molar refractivity (Wildman–Crippen MR) is 220 cm³/mol. The number of hydrogen-bond acceptors (Lipinski definition) is 7. The Balaban J connectivity index is 1.63. The van der Waals surface area contributed by atoms with Gasteiger partial charge in [-0.1, -0.05) is 23.6 Å². The number of rotatable bonds is 11. The smallest absolute Gasteiger partial charge is 0.346 e. The summed E-state index contributed by atoms with van der Waals surface area (Å²) in [5, 5.41) is 11.4. The van der Waals surface area contributed by atoms with Gasteiger partial charge in [-0.05, 0) is 68.5 Å². The van der Waals surface area contributed by atoms with Gasteiger partial charge >= 0.3 is 18.4 Å². The lowest BCUT2D eigenvalue weighted by atomic mass is 9.93. The monoisotopic (exact) mass is 980 g/mol. The summed E-state index contributed by atoms with van der Waals surface area (Å²) in [5.41, 5.74) is -4.94. The zero-order chi connectivity index (χ0) is 48.1. The number of nitrogens with zero attached hydrogens (tertiary/aromatic N) is 6. The number of benzene rings is 2. The average Bonchev–Trinajstić information content (AvgIpc) is 3.84. The number of fused-ring (bicyclic) bond motifs is 2. The topological polar surface area (TPSA) is 144 Å². The van der Waals surface area contributed by atoms with Crippen LogP contribution in [0.4, 0.5) is 54.5 Å². The molecule has 1 aliphatic rings. The number of pyridine rings is 1. The first-order chi connectivity index (χ1) is 30.1. The van der Waals surface area contributed by atoms with Gasteiger partial charge in [0, 0.05) is 59.5 Å². The van der Waals surface area contributed by atoms with Crippen molar-refractivity contribution in [3.63, 3.8) is 0 Å². The summed E-state index contributed by atoms with van der Waals surface area (Å²) in [5.74, 6) is -2.29. The van der Waals surface area contributed by atoms with Crippen LogP contribution >= 0.6 is 11.6 Å². The molecule has 0 bridgehead atoms. The zero-order valence-electron chi connectivity index (χ0n) is 34.4. The maximum Gasteiger partial charge on any atom is 0.435 e. The van der Waals surface area contributed by atoms with E-state index < -0.39 is 135 Å². The van der Waals surface area contributed by atoms with Gasteiger partial charge in [0.1, 0.15) is 51.8 Å². The summed E-state index contributed by atoms with van der Waals surface area (Å²) in [6.45, 7) is 0.0272. The van der Waals surface area contributed by atoms with Crippen LogP contribution in [0.15, 0.2) is 42.5 Å². The average molecular weight is 981 g/mol. The minimum atomic E-state index is -5.18. The van der Waals surface area contributed by atoms with E-state index in [4.69, 9.17) is 11.6 Å². The van der Waals surface area contributed by atoms with E-state index in [0.29, 0.717) is 15.1 Å². The van der Waals surface area contributed by atoms with Gasteiger partial charge in [0.15, 0.2) is 11.5 Å². The summed E-state index contributed by atoms with van der Waals surface area (Å²) in [7, 11) is -2.64. The molecule has 2 aromatic carbocycles. The molecule has 0 saturated carbocycles. The second-order valence-electron chi connectivity index (χ2n) is 15.2. The number of carbonyl (C=O) groups is 2. The molecule has 0 aliphatic heterocycles. The third kappa shape index (κ3) is 10.5. The Morgan fingerprint density at radius 2 is 1.62 bits per heavy atom. The van der Waals surface area contributed by atoms with Crippen molar-refractivity contribution < 1.29 is 61.9 Å². The Bertz CT molecular complexity index is 2810. The Labute approximate surface area is 373 Å². The Kier molecular flexibility index (Phi) is 13.6. The molecule has 3 heterocycles. The highest BCUT2D eigenvalue weighted by atomic mass is 35.5. The molecule has 5 aromatic rings. The van der Waals surface area contributed by atoms with Crippen LogP contribution in [0, 0.1) is 23.5 Å². The fourth-order valence-corrected chi connectivity index (χ4v) is 8.24. The van der Waals surface area contributed by atoms with Crippen molar-refractivity contribution in [1.82, 2.24) is 35.2 Å². The number of urea groups is 1. The van der Waals surface area contributed by atoms with Crippen LogP contribution < -0.4 is 14.9 Å². The van der Waals surface area contributed by atoms with Crippen molar-refractivity contribution in [1.29, 1.82) is 0 Å². The molecule has 3 aromatic heterocycles. The van der Waals surface area contributed by atoms with Crippen LogP contribution in [-0.4, -0.2) is 75.4 Å². The van der Waals surface area contributed by atoms with Crippen molar-refractivity contribution in [2.45, 2.75) is 75.3 Å². The second-order valence-corrected chi connectivity index (χ2v) is 18.7. The highest BCUT2D eigenvalue weighted by Crippen LogP contribution is 2.47. The standard InChI is InChI=1S/C40H35ClF10N8O4S2/c1-37(2,64(4)62)12-10-23-6-7-24(25-8-9-27(41)30-32(25)58(19-39(46,47)48)56-35(30)59(65(5)63)36(61)52-3)31(53-23)28(16-20-14-21(42)17-22(43)15-20)54-29(60)18-57-34-26(11-13-38(34,44)45)33(55-57)40(49,50)51/h6-9,14-15,17,28H,11,13,16,18-19H2,1-5H3,(H,52,61)(H,54,60). The number of halogens is 11. The van der Waals surface area contributed by atoms with Crippen molar-refractivity contribution in [2.24, 2.45) is 0 Å². The third-order valence-corrected chi connectivity index (χ3v) is 12.8. The molecule has 0 spiro atoms. The lowest BCUT2D eigenvalue weighted by Crippen LogP contribution is -2.39. The molecule has 3 unspecified atom stereocenters. The number of nitrogens with one attached hydrogen (secondary N) is 2. The molecular formula is C40H35ClF10N8O4S2. The van der Waals surface area contributed by atoms with Gasteiger partial charge in [-0.2, -0.15) is 49.6 Å². The number of anilines is 1. The Morgan fingerprint density at radius 3 is 2.20 bits per heavy atom. The van der Waals surface area contributed by atoms with Crippen molar-refractivity contribution in [3.05, 3.63) is 93.0 Å². The number of hydrogen-bond donors (Lipinski definition) is 2. The summed E-state index contributed by atoms with van der Waals surface area (Å²) < 4.78 is 170. The lowest BCUT2D eigenvalue weighted by molar-refractivity contribution is -0.142. The summed E-state index contributed by atoms with van der Waals surface area (Å²) in [6, 6.07) is 4.54. The van der Waals surface area contributed by atoms with Gasteiger partial charge in [-0.15, -0.1) is 0 Å². The summed E-state index contributed by atoms with van der Waals surface area (Å²) in [4.78, 5) is 31.6. The van der Waals surface area contributed by atoms with Crippen molar-refractivity contribution >= 4 is 62.0 Å². The van der Waals surface area contributed by atoms with Gasteiger partial charge in [-0.3, -0.25) is 18.4 Å². The van der Waals surface area contributed by atoms with E-state index in [1.54, 1.807) is 13.8 Å².